The average molecular weight is 277 g/mol. The first-order valence-corrected chi connectivity index (χ1v) is 7.23. The molecular formula is C11H23N3O3S. The molecule has 7 heteroatoms. The van der Waals surface area contributed by atoms with E-state index < -0.39 is 10.1 Å². The molecule has 0 saturated carbocycles. The minimum atomic E-state index is -3.79. The predicted octanol–water partition coefficient (Wildman–Crippen LogP) is 1.19. The molecular weight excluding hydrogens is 254 g/mol. The van der Waals surface area contributed by atoms with Gasteiger partial charge < -0.3 is 4.90 Å². The normalized spacial score (nSPS) is 10.1. The lowest BCUT2D eigenvalue weighted by Gasteiger charge is -2.05. The first kappa shape index (κ1) is 19.3. The molecule has 0 atom stereocenters. The van der Waals surface area contributed by atoms with Gasteiger partial charge in [0.05, 0.1) is 18.3 Å². The van der Waals surface area contributed by atoms with E-state index >= 15 is 0 Å². The summed E-state index contributed by atoms with van der Waals surface area (Å²) >= 11 is 0. The molecule has 0 heterocycles. The Hall–Kier alpha value is -1.01. The van der Waals surface area contributed by atoms with Gasteiger partial charge in [-0.15, -0.1) is 6.58 Å². The number of nitrogens with zero attached hydrogens (tertiary/aromatic N) is 3. The van der Waals surface area contributed by atoms with Crippen molar-refractivity contribution in [2.24, 2.45) is 9.98 Å². The van der Waals surface area contributed by atoms with Crippen molar-refractivity contribution < 1.29 is 13.0 Å². The van der Waals surface area contributed by atoms with Crippen molar-refractivity contribution in [2.45, 2.75) is 13.3 Å². The molecule has 0 unspecified atom stereocenters. The van der Waals surface area contributed by atoms with Crippen LogP contribution in [0.25, 0.3) is 0 Å². The standard InChI is InChI=1S/C8H17N3.C3H6O3S/c1-4-9-8-10-6-5-7-11(2)3;1-2-3-7(4,5)6/h4-7H2,1-3H3;2H,1,3H2,(H,4,5,6). The van der Waals surface area contributed by atoms with Crippen molar-refractivity contribution in [3.05, 3.63) is 12.7 Å². The summed E-state index contributed by atoms with van der Waals surface area (Å²) in [4.78, 5) is 9.99. The van der Waals surface area contributed by atoms with Crippen LogP contribution in [-0.4, -0.2) is 63.4 Å². The molecule has 0 fully saturated rings. The molecule has 0 aliphatic rings. The van der Waals surface area contributed by atoms with Gasteiger partial charge in [0.1, 0.15) is 0 Å². The molecule has 1 N–H and O–H groups in total. The van der Waals surface area contributed by atoms with Crippen LogP contribution in [0.2, 0.25) is 0 Å². The Morgan fingerprint density at radius 2 is 2.00 bits per heavy atom. The SMILES string of the molecule is C=CCS(=O)(=O)O.CCN=C=NCCCN(C)C. The van der Waals surface area contributed by atoms with Gasteiger partial charge in [0.2, 0.25) is 0 Å². The molecule has 0 radical (unpaired) electrons. The minimum absolute atomic E-state index is 0.368. The Labute approximate surface area is 110 Å². The van der Waals surface area contributed by atoms with Crippen molar-refractivity contribution in [1.29, 1.82) is 0 Å². The quantitative estimate of drug-likeness (QED) is 0.328. The van der Waals surface area contributed by atoms with Crippen molar-refractivity contribution in [1.82, 2.24) is 4.90 Å². The summed E-state index contributed by atoms with van der Waals surface area (Å²) < 4.78 is 27.3. The lowest BCUT2D eigenvalue weighted by Crippen LogP contribution is -2.13. The van der Waals surface area contributed by atoms with E-state index in [0.717, 1.165) is 32.1 Å². The zero-order chi connectivity index (χ0) is 14.4. The second-order valence-electron chi connectivity index (χ2n) is 3.65. The summed E-state index contributed by atoms with van der Waals surface area (Å²) in [6.07, 6.45) is 2.20. The van der Waals surface area contributed by atoms with Crippen molar-refractivity contribution in [3.8, 4) is 0 Å². The number of hydrogen-bond donors (Lipinski definition) is 1. The molecule has 0 aromatic rings. The van der Waals surface area contributed by atoms with E-state index in [-0.39, 0.29) is 5.75 Å². The van der Waals surface area contributed by atoms with E-state index in [9.17, 15) is 8.42 Å². The molecule has 0 bridgehead atoms. The molecule has 0 amide bonds. The van der Waals surface area contributed by atoms with Gasteiger partial charge in [0, 0.05) is 6.54 Å². The van der Waals surface area contributed by atoms with Crippen molar-refractivity contribution in [2.75, 3.05) is 39.5 Å². The average Bonchev–Trinajstić information content (AvgIpc) is 2.22. The number of aliphatic imine (C=N–C) groups is 2. The summed E-state index contributed by atoms with van der Waals surface area (Å²) in [5.41, 5.74) is 0. The third kappa shape index (κ3) is 24.3. The molecule has 18 heavy (non-hydrogen) atoms. The first-order chi connectivity index (χ1) is 8.33. The summed E-state index contributed by atoms with van der Waals surface area (Å²) in [6, 6.07) is 2.64. The zero-order valence-electron chi connectivity index (χ0n) is 11.3. The monoisotopic (exact) mass is 277 g/mol. The van der Waals surface area contributed by atoms with E-state index in [1.54, 1.807) is 0 Å². The lowest BCUT2D eigenvalue weighted by molar-refractivity contribution is 0.403. The van der Waals surface area contributed by atoms with Crippen LogP contribution in [0.1, 0.15) is 13.3 Å². The molecule has 0 aromatic heterocycles. The van der Waals surface area contributed by atoms with Crippen LogP contribution in [0.4, 0.5) is 0 Å². The lowest BCUT2D eigenvalue weighted by atomic mass is 10.4. The predicted molar refractivity (Wildman–Crippen MR) is 75.1 cm³/mol. The van der Waals surface area contributed by atoms with Gasteiger partial charge in [-0.25, -0.2) is 9.98 Å². The van der Waals surface area contributed by atoms with Crippen LogP contribution >= 0.6 is 0 Å². The molecule has 0 aromatic carbocycles. The van der Waals surface area contributed by atoms with E-state index in [1.807, 2.05) is 6.92 Å². The van der Waals surface area contributed by atoms with E-state index in [4.69, 9.17) is 4.55 Å². The molecule has 0 aliphatic heterocycles. The highest BCUT2D eigenvalue weighted by atomic mass is 32.2. The van der Waals surface area contributed by atoms with Gasteiger partial charge in [-0.3, -0.25) is 4.55 Å². The number of rotatable bonds is 7. The maximum atomic E-state index is 9.72. The van der Waals surface area contributed by atoms with Crippen LogP contribution in [0.3, 0.4) is 0 Å². The summed E-state index contributed by atoms with van der Waals surface area (Å²) in [6.45, 7) is 7.77. The zero-order valence-corrected chi connectivity index (χ0v) is 12.2. The van der Waals surface area contributed by atoms with E-state index in [1.165, 1.54) is 0 Å². The maximum Gasteiger partial charge on any atom is 0.268 e. The van der Waals surface area contributed by atoms with Crippen LogP contribution in [-0.2, 0) is 10.1 Å². The Bertz CT molecular complexity index is 358. The molecule has 0 aliphatic carbocycles. The van der Waals surface area contributed by atoms with Gasteiger partial charge in [-0.05, 0) is 34.0 Å². The highest BCUT2D eigenvalue weighted by molar-refractivity contribution is 7.85. The molecule has 0 rings (SSSR count). The Morgan fingerprint density at radius 3 is 2.33 bits per heavy atom. The largest absolute Gasteiger partial charge is 0.309 e. The Balaban J connectivity index is 0. The second-order valence-corrected chi connectivity index (χ2v) is 5.15. The van der Waals surface area contributed by atoms with Gasteiger partial charge in [-0.1, -0.05) is 6.08 Å². The summed E-state index contributed by atoms with van der Waals surface area (Å²) in [5.74, 6) is -0.368. The van der Waals surface area contributed by atoms with Gasteiger partial charge >= 0.3 is 0 Å². The molecule has 106 valence electrons. The summed E-state index contributed by atoms with van der Waals surface area (Å²) in [7, 11) is 0.326. The van der Waals surface area contributed by atoms with Gasteiger partial charge in [0.25, 0.3) is 10.1 Å². The van der Waals surface area contributed by atoms with Crippen molar-refractivity contribution in [3.63, 3.8) is 0 Å². The fourth-order valence-corrected chi connectivity index (χ4v) is 1.08. The Morgan fingerprint density at radius 1 is 1.39 bits per heavy atom. The summed E-state index contributed by atoms with van der Waals surface area (Å²) in [5, 5.41) is 0. The van der Waals surface area contributed by atoms with Gasteiger partial charge in [-0.2, -0.15) is 8.42 Å². The van der Waals surface area contributed by atoms with Crippen molar-refractivity contribution >= 4 is 16.1 Å². The third-order valence-electron chi connectivity index (χ3n) is 1.50. The van der Waals surface area contributed by atoms with Crippen LogP contribution in [0, 0.1) is 0 Å². The number of hydrogen-bond acceptors (Lipinski definition) is 5. The maximum absolute atomic E-state index is 9.72. The first-order valence-electron chi connectivity index (χ1n) is 5.62. The topological polar surface area (TPSA) is 82.3 Å². The smallest absolute Gasteiger partial charge is 0.268 e. The highest BCUT2D eigenvalue weighted by Gasteiger charge is 1.95. The molecule has 0 spiro atoms. The van der Waals surface area contributed by atoms with Crippen LogP contribution < -0.4 is 0 Å². The van der Waals surface area contributed by atoms with E-state index in [0.29, 0.717) is 0 Å². The Kier molecular flexibility index (Phi) is 13.4. The fraction of sp³-hybridized carbons (Fsp3) is 0.727. The van der Waals surface area contributed by atoms with Crippen LogP contribution in [0.15, 0.2) is 22.6 Å². The van der Waals surface area contributed by atoms with Crippen LogP contribution in [0.5, 0.6) is 0 Å². The highest BCUT2D eigenvalue weighted by Crippen LogP contribution is 1.82. The molecule has 0 saturated heterocycles. The third-order valence-corrected chi connectivity index (χ3v) is 2.16. The minimum Gasteiger partial charge on any atom is -0.309 e. The fourth-order valence-electron chi connectivity index (χ4n) is 0.786. The molecule has 6 nitrogen and oxygen atoms in total. The van der Waals surface area contributed by atoms with Gasteiger partial charge in [0.15, 0.2) is 0 Å². The van der Waals surface area contributed by atoms with E-state index in [2.05, 4.69) is 41.6 Å². The second kappa shape index (κ2) is 12.4.